The number of hydrogen-bond acceptors (Lipinski definition) is 2. The second kappa shape index (κ2) is 3.66. The van der Waals surface area contributed by atoms with Crippen LogP contribution < -0.4 is 10.9 Å². The van der Waals surface area contributed by atoms with Crippen LogP contribution in [-0.4, -0.2) is 18.0 Å². The zero-order valence-electron chi connectivity index (χ0n) is 9.31. The van der Waals surface area contributed by atoms with Crippen LogP contribution in [0.1, 0.15) is 33.6 Å². The lowest BCUT2D eigenvalue weighted by Gasteiger charge is -2.44. The third-order valence-corrected chi connectivity index (χ3v) is 4.24. The molecule has 0 bridgehead atoms. The van der Waals surface area contributed by atoms with Gasteiger partial charge in [0.1, 0.15) is 0 Å². The van der Waals surface area contributed by atoms with Gasteiger partial charge in [-0.05, 0) is 30.1 Å². The van der Waals surface area contributed by atoms with E-state index in [4.69, 9.17) is 11.6 Å². The first-order valence-corrected chi connectivity index (χ1v) is 6.06. The lowest BCUT2D eigenvalue weighted by Crippen LogP contribution is -2.46. The van der Waals surface area contributed by atoms with Crippen LogP contribution >= 0.6 is 11.6 Å². The molecule has 1 aliphatic heterocycles. The smallest absolute Gasteiger partial charge is 0.0373 e. The molecule has 1 heterocycles. The fraction of sp³-hybridized carbons (Fsp3) is 1.00. The first-order valence-electron chi connectivity index (χ1n) is 5.62. The molecule has 2 aliphatic rings. The molecule has 0 aromatic rings. The topological polar surface area (TPSA) is 24.1 Å². The quantitative estimate of drug-likeness (QED) is 0.607. The molecular formula is C11H21ClN2. The summed E-state index contributed by atoms with van der Waals surface area (Å²) in [5.41, 5.74) is 6.97. The Morgan fingerprint density at radius 1 is 1.21 bits per heavy atom. The second-order valence-electron chi connectivity index (χ2n) is 5.78. The van der Waals surface area contributed by atoms with E-state index in [1.807, 2.05) is 0 Å². The Morgan fingerprint density at radius 3 is 2.57 bits per heavy atom. The molecule has 2 fully saturated rings. The Bertz CT molecular complexity index is 212. The lowest BCUT2D eigenvalue weighted by molar-refractivity contribution is 0.112. The largest absolute Gasteiger partial charge is 0.257 e. The van der Waals surface area contributed by atoms with Crippen molar-refractivity contribution in [1.29, 1.82) is 0 Å². The zero-order valence-corrected chi connectivity index (χ0v) is 10.1. The van der Waals surface area contributed by atoms with Crippen LogP contribution in [0.4, 0.5) is 0 Å². The minimum absolute atomic E-state index is 0.323. The zero-order chi connectivity index (χ0) is 10.3. The van der Waals surface area contributed by atoms with Crippen molar-refractivity contribution in [2.45, 2.75) is 45.0 Å². The third-order valence-electron chi connectivity index (χ3n) is 3.75. The van der Waals surface area contributed by atoms with Crippen molar-refractivity contribution in [2.75, 3.05) is 6.54 Å². The second-order valence-corrected chi connectivity index (χ2v) is 6.34. The van der Waals surface area contributed by atoms with Gasteiger partial charge >= 0.3 is 0 Å². The minimum Gasteiger partial charge on any atom is -0.257 e. The van der Waals surface area contributed by atoms with Crippen molar-refractivity contribution in [3.05, 3.63) is 0 Å². The SMILES string of the molecule is CC(C)(C)C1C(Cl)CCC2NNCC21. The fourth-order valence-corrected chi connectivity index (χ4v) is 3.88. The van der Waals surface area contributed by atoms with Crippen molar-refractivity contribution in [3.8, 4) is 0 Å². The molecule has 2 rings (SSSR count). The van der Waals surface area contributed by atoms with Gasteiger partial charge in [-0.15, -0.1) is 11.6 Å². The number of nitrogens with one attached hydrogen (secondary N) is 2. The van der Waals surface area contributed by atoms with E-state index < -0.39 is 0 Å². The van der Waals surface area contributed by atoms with E-state index in [0.29, 0.717) is 28.7 Å². The number of halogens is 1. The van der Waals surface area contributed by atoms with Crippen molar-refractivity contribution in [3.63, 3.8) is 0 Å². The first-order chi connectivity index (χ1) is 6.50. The summed E-state index contributed by atoms with van der Waals surface area (Å²) in [6.45, 7) is 8.02. The summed E-state index contributed by atoms with van der Waals surface area (Å²) in [4.78, 5) is 0. The average Bonchev–Trinajstić information content (AvgIpc) is 2.48. The summed E-state index contributed by atoms with van der Waals surface area (Å²) in [6.07, 6.45) is 2.37. The standard InChI is InChI=1S/C11H21ClN2/c1-11(2,3)10-7-6-13-14-9(7)5-4-8(10)12/h7-10,13-14H,4-6H2,1-3H3. The van der Waals surface area contributed by atoms with Crippen LogP contribution in [0.3, 0.4) is 0 Å². The maximum Gasteiger partial charge on any atom is 0.0373 e. The van der Waals surface area contributed by atoms with E-state index in [1.54, 1.807) is 0 Å². The molecule has 4 atom stereocenters. The van der Waals surface area contributed by atoms with Crippen molar-refractivity contribution in [2.24, 2.45) is 17.3 Å². The van der Waals surface area contributed by atoms with Crippen molar-refractivity contribution < 1.29 is 0 Å². The van der Waals surface area contributed by atoms with Crippen LogP contribution in [0.25, 0.3) is 0 Å². The van der Waals surface area contributed by atoms with Crippen LogP contribution in [0.2, 0.25) is 0 Å². The van der Waals surface area contributed by atoms with Gasteiger partial charge in [0.2, 0.25) is 0 Å². The van der Waals surface area contributed by atoms with E-state index in [9.17, 15) is 0 Å². The normalized spacial score (nSPS) is 43.7. The van der Waals surface area contributed by atoms with Gasteiger partial charge in [0.15, 0.2) is 0 Å². The number of rotatable bonds is 0. The van der Waals surface area contributed by atoms with E-state index in [1.165, 1.54) is 6.42 Å². The molecule has 1 aliphatic carbocycles. The van der Waals surface area contributed by atoms with Gasteiger partial charge < -0.3 is 0 Å². The molecule has 0 radical (unpaired) electrons. The number of hydrogen-bond donors (Lipinski definition) is 2. The average molecular weight is 217 g/mol. The predicted octanol–water partition coefficient (Wildman–Crippen LogP) is 2.14. The molecule has 0 amide bonds. The van der Waals surface area contributed by atoms with Crippen molar-refractivity contribution >= 4 is 11.6 Å². The maximum absolute atomic E-state index is 6.48. The van der Waals surface area contributed by atoms with Gasteiger partial charge in [-0.25, -0.2) is 0 Å². The Hall–Kier alpha value is 0.210. The molecule has 0 aromatic heterocycles. The van der Waals surface area contributed by atoms with Gasteiger partial charge in [0.05, 0.1) is 0 Å². The molecule has 0 aromatic carbocycles. The van der Waals surface area contributed by atoms with Gasteiger partial charge in [0, 0.05) is 18.0 Å². The Balaban J connectivity index is 2.18. The molecule has 0 spiro atoms. The molecule has 1 saturated heterocycles. The Kier molecular flexibility index (Phi) is 2.80. The fourth-order valence-electron chi connectivity index (χ4n) is 3.19. The van der Waals surface area contributed by atoms with E-state index >= 15 is 0 Å². The molecule has 3 heteroatoms. The third kappa shape index (κ3) is 1.80. The number of alkyl halides is 1. The Labute approximate surface area is 91.8 Å². The van der Waals surface area contributed by atoms with Crippen LogP contribution in [0.5, 0.6) is 0 Å². The van der Waals surface area contributed by atoms with Crippen LogP contribution in [0, 0.1) is 17.3 Å². The van der Waals surface area contributed by atoms with Crippen LogP contribution in [-0.2, 0) is 0 Å². The van der Waals surface area contributed by atoms with Crippen molar-refractivity contribution in [1.82, 2.24) is 10.9 Å². The summed E-state index contributed by atoms with van der Waals surface area (Å²) < 4.78 is 0. The van der Waals surface area contributed by atoms with Gasteiger partial charge in [-0.2, -0.15) is 0 Å². The minimum atomic E-state index is 0.323. The van der Waals surface area contributed by atoms with Gasteiger partial charge in [0.25, 0.3) is 0 Å². The highest BCUT2D eigenvalue weighted by Crippen LogP contribution is 2.45. The monoisotopic (exact) mass is 216 g/mol. The van der Waals surface area contributed by atoms with Gasteiger partial charge in [-0.3, -0.25) is 10.9 Å². The predicted molar refractivity (Wildman–Crippen MR) is 60.2 cm³/mol. The molecule has 1 saturated carbocycles. The molecular weight excluding hydrogens is 196 g/mol. The lowest BCUT2D eigenvalue weighted by atomic mass is 9.65. The van der Waals surface area contributed by atoms with E-state index in [2.05, 4.69) is 31.6 Å². The number of hydrazine groups is 1. The maximum atomic E-state index is 6.48. The summed E-state index contributed by atoms with van der Waals surface area (Å²) >= 11 is 6.48. The number of fused-ring (bicyclic) bond motifs is 1. The summed E-state index contributed by atoms with van der Waals surface area (Å²) in [6, 6.07) is 0.647. The Morgan fingerprint density at radius 2 is 1.93 bits per heavy atom. The van der Waals surface area contributed by atoms with Gasteiger partial charge in [-0.1, -0.05) is 20.8 Å². The van der Waals surface area contributed by atoms with E-state index in [0.717, 1.165) is 13.0 Å². The molecule has 2 nitrogen and oxygen atoms in total. The highest BCUT2D eigenvalue weighted by Gasteiger charge is 2.46. The molecule has 82 valence electrons. The molecule has 2 N–H and O–H groups in total. The highest BCUT2D eigenvalue weighted by atomic mass is 35.5. The summed E-state index contributed by atoms with van der Waals surface area (Å²) in [5, 5.41) is 0.359. The summed E-state index contributed by atoms with van der Waals surface area (Å²) in [7, 11) is 0. The highest BCUT2D eigenvalue weighted by molar-refractivity contribution is 6.20. The summed E-state index contributed by atoms with van der Waals surface area (Å²) in [5.74, 6) is 1.34. The molecule has 4 unspecified atom stereocenters. The van der Waals surface area contributed by atoms with Crippen LogP contribution in [0.15, 0.2) is 0 Å². The molecule has 14 heavy (non-hydrogen) atoms. The first kappa shape index (κ1) is 10.7. The van der Waals surface area contributed by atoms with E-state index in [-0.39, 0.29) is 0 Å².